The van der Waals surface area contributed by atoms with Crippen molar-refractivity contribution in [1.29, 1.82) is 0 Å². The molecule has 0 radical (unpaired) electrons. The van der Waals surface area contributed by atoms with Crippen LogP contribution in [0.3, 0.4) is 0 Å². The molecule has 0 bridgehead atoms. The van der Waals surface area contributed by atoms with Crippen molar-refractivity contribution in [2.45, 2.75) is 19.6 Å². The second-order valence-electron chi connectivity index (χ2n) is 5.69. The molecule has 2 aromatic carbocycles. The van der Waals surface area contributed by atoms with E-state index in [9.17, 15) is 9.59 Å². The average Bonchev–Trinajstić information content (AvgIpc) is 2.89. The maximum Gasteiger partial charge on any atom is 0.338 e. The summed E-state index contributed by atoms with van der Waals surface area (Å²) in [6.45, 7) is 3.51. The van der Waals surface area contributed by atoms with Gasteiger partial charge in [-0.15, -0.1) is 0 Å². The fourth-order valence-electron chi connectivity index (χ4n) is 2.34. The zero-order valence-corrected chi connectivity index (χ0v) is 13.5. The molecular formula is C18H16O6. The lowest BCUT2D eigenvalue weighted by Gasteiger charge is -2.16. The van der Waals surface area contributed by atoms with Gasteiger partial charge in [0.2, 0.25) is 11.5 Å². The van der Waals surface area contributed by atoms with Crippen LogP contribution < -0.4 is 14.2 Å². The highest BCUT2D eigenvalue weighted by atomic mass is 16.7. The summed E-state index contributed by atoms with van der Waals surface area (Å²) in [5, 5.41) is 0. The third-order valence-corrected chi connectivity index (χ3v) is 3.39. The Morgan fingerprint density at radius 1 is 1.12 bits per heavy atom. The molecule has 1 aliphatic heterocycles. The zero-order chi connectivity index (χ0) is 17.3. The second-order valence-corrected chi connectivity index (χ2v) is 5.69. The van der Waals surface area contributed by atoms with Gasteiger partial charge in [-0.1, -0.05) is 0 Å². The van der Waals surface area contributed by atoms with E-state index in [2.05, 4.69) is 0 Å². The van der Waals surface area contributed by atoms with Gasteiger partial charge in [-0.2, -0.15) is 0 Å². The van der Waals surface area contributed by atoms with Crippen molar-refractivity contribution in [2.75, 3.05) is 7.11 Å². The number of hydrogen-bond donors (Lipinski definition) is 0. The number of hydrogen-bond acceptors (Lipinski definition) is 6. The Morgan fingerprint density at radius 3 is 2.46 bits per heavy atom. The smallest absolute Gasteiger partial charge is 0.338 e. The van der Waals surface area contributed by atoms with Gasteiger partial charge in [-0.25, -0.2) is 4.79 Å². The standard InChI is InChI=1S/C18H16O6/c1-18(2)23-15-9-12(17(20)21-3)8-14(16(15)24-18)22-13-6-4-11(10-19)5-7-13/h4-10H,1-3H3. The van der Waals surface area contributed by atoms with Crippen LogP contribution in [0.4, 0.5) is 0 Å². The first-order valence-electron chi connectivity index (χ1n) is 7.29. The van der Waals surface area contributed by atoms with E-state index in [4.69, 9.17) is 18.9 Å². The van der Waals surface area contributed by atoms with Gasteiger partial charge in [0, 0.05) is 19.4 Å². The van der Waals surface area contributed by atoms with Crippen LogP contribution in [0.2, 0.25) is 0 Å². The Kier molecular flexibility index (Phi) is 3.89. The number of benzene rings is 2. The van der Waals surface area contributed by atoms with Crippen LogP contribution in [0.5, 0.6) is 23.0 Å². The third kappa shape index (κ3) is 3.03. The molecule has 6 nitrogen and oxygen atoms in total. The number of rotatable bonds is 4. The van der Waals surface area contributed by atoms with Crippen LogP contribution in [0.25, 0.3) is 0 Å². The second kappa shape index (κ2) is 5.88. The number of carbonyl (C=O) groups excluding carboxylic acids is 2. The van der Waals surface area contributed by atoms with Gasteiger partial charge < -0.3 is 18.9 Å². The van der Waals surface area contributed by atoms with E-state index in [0.29, 0.717) is 28.6 Å². The minimum absolute atomic E-state index is 0.289. The first-order chi connectivity index (χ1) is 11.4. The van der Waals surface area contributed by atoms with Gasteiger partial charge in [0.25, 0.3) is 0 Å². The largest absolute Gasteiger partial charge is 0.465 e. The van der Waals surface area contributed by atoms with Crippen LogP contribution in [-0.2, 0) is 4.74 Å². The summed E-state index contributed by atoms with van der Waals surface area (Å²) in [6, 6.07) is 9.66. The molecule has 124 valence electrons. The number of methoxy groups -OCH3 is 1. The molecule has 1 aliphatic rings. The molecule has 0 N–H and O–H groups in total. The monoisotopic (exact) mass is 328 g/mol. The van der Waals surface area contributed by atoms with Crippen LogP contribution in [0.1, 0.15) is 34.6 Å². The highest BCUT2D eigenvalue weighted by Crippen LogP contribution is 2.48. The lowest BCUT2D eigenvalue weighted by atomic mass is 10.2. The third-order valence-electron chi connectivity index (χ3n) is 3.39. The van der Waals surface area contributed by atoms with Crippen LogP contribution in [-0.4, -0.2) is 25.2 Å². The summed E-state index contributed by atoms with van der Waals surface area (Å²) in [4.78, 5) is 22.6. The molecule has 0 saturated carbocycles. The van der Waals surface area contributed by atoms with Crippen molar-refractivity contribution in [1.82, 2.24) is 0 Å². The molecule has 0 unspecified atom stereocenters. The number of esters is 1. The summed E-state index contributed by atoms with van der Waals surface area (Å²) in [5.41, 5.74) is 0.827. The number of carbonyl (C=O) groups is 2. The highest BCUT2D eigenvalue weighted by molar-refractivity contribution is 5.91. The first kappa shape index (κ1) is 15.9. The summed E-state index contributed by atoms with van der Waals surface area (Å²) in [5.74, 6) is 0.272. The molecule has 3 rings (SSSR count). The molecule has 1 heterocycles. The molecule has 2 aromatic rings. The summed E-state index contributed by atoms with van der Waals surface area (Å²) in [6.07, 6.45) is 0.749. The molecule has 24 heavy (non-hydrogen) atoms. The SMILES string of the molecule is COC(=O)c1cc(Oc2ccc(C=O)cc2)c2c(c1)OC(C)(C)O2. The molecule has 0 aliphatic carbocycles. The van der Waals surface area contributed by atoms with Gasteiger partial charge in [-0.3, -0.25) is 4.79 Å². The predicted octanol–water partition coefficient (Wildman–Crippen LogP) is 3.59. The fraction of sp³-hybridized carbons (Fsp3) is 0.222. The van der Waals surface area contributed by atoms with Crippen molar-refractivity contribution in [3.05, 3.63) is 47.5 Å². The van der Waals surface area contributed by atoms with E-state index >= 15 is 0 Å². The molecule has 0 amide bonds. The van der Waals surface area contributed by atoms with E-state index in [-0.39, 0.29) is 5.56 Å². The van der Waals surface area contributed by atoms with E-state index in [1.165, 1.54) is 13.2 Å². The summed E-state index contributed by atoms with van der Waals surface area (Å²) >= 11 is 0. The average molecular weight is 328 g/mol. The summed E-state index contributed by atoms with van der Waals surface area (Å²) in [7, 11) is 1.30. The van der Waals surface area contributed by atoms with Crippen molar-refractivity contribution in [3.8, 4) is 23.0 Å². The molecule has 0 atom stereocenters. The van der Waals surface area contributed by atoms with Gasteiger partial charge in [0.15, 0.2) is 11.5 Å². The van der Waals surface area contributed by atoms with Gasteiger partial charge in [0.05, 0.1) is 12.7 Å². The zero-order valence-electron chi connectivity index (χ0n) is 13.5. The van der Waals surface area contributed by atoms with Crippen LogP contribution >= 0.6 is 0 Å². The Labute approximate surface area is 138 Å². The van der Waals surface area contributed by atoms with E-state index in [0.717, 1.165) is 6.29 Å². The first-order valence-corrected chi connectivity index (χ1v) is 7.29. The topological polar surface area (TPSA) is 71.1 Å². The van der Waals surface area contributed by atoms with Crippen molar-refractivity contribution >= 4 is 12.3 Å². The summed E-state index contributed by atoms with van der Waals surface area (Å²) < 4.78 is 22.0. The molecule has 6 heteroatoms. The molecule has 0 fully saturated rings. The maximum absolute atomic E-state index is 11.8. The Morgan fingerprint density at radius 2 is 1.83 bits per heavy atom. The molecule has 0 saturated heterocycles. The van der Waals surface area contributed by atoms with Crippen molar-refractivity contribution in [2.24, 2.45) is 0 Å². The maximum atomic E-state index is 11.8. The lowest BCUT2D eigenvalue weighted by Crippen LogP contribution is -2.29. The van der Waals surface area contributed by atoms with E-state index in [1.807, 2.05) is 0 Å². The van der Waals surface area contributed by atoms with Gasteiger partial charge in [-0.05, 0) is 36.4 Å². The van der Waals surface area contributed by atoms with E-state index in [1.54, 1.807) is 44.2 Å². The minimum Gasteiger partial charge on any atom is -0.465 e. The molecule has 0 aromatic heterocycles. The fourth-order valence-corrected chi connectivity index (χ4v) is 2.34. The number of ether oxygens (including phenoxy) is 4. The van der Waals surface area contributed by atoms with E-state index < -0.39 is 11.8 Å². The van der Waals surface area contributed by atoms with Gasteiger partial charge in [0.1, 0.15) is 12.0 Å². The van der Waals surface area contributed by atoms with Crippen LogP contribution in [0, 0.1) is 0 Å². The number of aldehydes is 1. The predicted molar refractivity (Wildman–Crippen MR) is 85.0 cm³/mol. The Bertz CT molecular complexity index is 792. The minimum atomic E-state index is -0.865. The van der Waals surface area contributed by atoms with Crippen molar-refractivity contribution in [3.63, 3.8) is 0 Å². The highest BCUT2D eigenvalue weighted by Gasteiger charge is 2.35. The Balaban J connectivity index is 2.00. The molecular weight excluding hydrogens is 312 g/mol. The van der Waals surface area contributed by atoms with Crippen LogP contribution in [0.15, 0.2) is 36.4 Å². The molecule has 0 spiro atoms. The lowest BCUT2D eigenvalue weighted by molar-refractivity contribution is -0.0438. The quantitative estimate of drug-likeness (QED) is 0.631. The van der Waals surface area contributed by atoms with Crippen molar-refractivity contribution < 1.29 is 28.5 Å². The van der Waals surface area contributed by atoms with Gasteiger partial charge >= 0.3 is 5.97 Å². The number of fused-ring (bicyclic) bond motifs is 1. The Hall–Kier alpha value is -3.02. The normalized spacial score (nSPS) is 14.1.